The van der Waals surface area contributed by atoms with E-state index in [0.717, 1.165) is 16.3 Å². The zero-order valence-electron chi connectivity index (χ0n) is 14.8. The van der Waals surface area contributed by atoms with Crippen LogP contribution in [0.5, 0.6) is 0 Å². The minimum Gasteiger partial charge on any atom is -0.360 e. The summed E-state index contributed by atoms with van der Waals surface area (Å²) in [4.78, 5) is 31.0. The predicted molar refractivity (Wildman–Crippen MR) is 105 cm³/mol. The van der Waals surface area contributed by atoms with Gasteiger partial charge in [0.05, 0.1) is 17.9 Å². The van der Waals surface area contributed by atoms with Gasteiger partial charge in [0.1, 0.15) is 5.52 Å². The van der Waals surface area contributed by atoms with Gasteiger partial charge in [0.25, 0.3) is 5.56 Å². The van der Waals surface area contributed by atoms with E-state index in [1.807, 2.05) is 25.3 Å². The summed E-state index contributed by atoms with van der Waals surface area (Å²) in [6.45, 7) is 6.64. The first-order chi connectivity index (χ1) is 12.5. The minimum atomic E-state index is -0.243. The molecule has 0 spiro atoms. The number of nitrogens with zero attached hydrogens (tertiary/aromatic N) is 5. The molecule has 0 aliphatic carbocycles. The van der Waals surface area contributed by atoms with Gasteiger partial charge in [-0.3, -0.25) is 14.3 Å². The molecule has 0 radical (unpaired) electrons. The maximum absolute atomic E-state index is 12.7. The minimum absolute atomic E-state index is 0.105. The van der Waals surface area contributed by atoms with Crippen molar-refractivity contribution in [3.63, 3.8) is 0 Å². The van der Waals surface area contributed by atoms with Gasteiger partial charge in [0.2, 0.25) is 5.28 Å². The fourth-order valence-electron chi connectivity index (χ4n) is 2.57. The van der Waals surface area contributed by atoms with Crippen molar-refractivity contribution in [1.82, 2.24) is 24.5 Å². The summed E-state index contributed by atoms with van der Waals surface area (Å²) in [5.41, 5.74) is 2.22. The molecule has 3 aromatic rings. The summed E-state index contributed by atoms with van der Waals surface area (Å²) >= 11 is 7.67. The standard InChI is InChI=1S/C17H19ClN6OS/c1-4-24-15-13(10(3)21-17(18)23-15)22-14(16(24)25)20-8-11-6-7-12(9-19-11)26-5-2/h6-7,9H,4-5,8H2,1-3H3,(H,20,22). The van der Waals surface area contributed by atoms with Crippen LogP contribution in [0, 0.1) is 6.92 Å². The molecule has 3 heterocycles. The molecule has 3 rings (SSSR count). The molecule has 0 amide bonds. The van der Waals surface area contributed by atoms with E-state index in [1.165, 1.54) is 0 Å². The van der Waals surface area contributed by atoms with Crippen LogP contribution in [0.3, 0.4) is 0 Å². The molecule has 0 unspecified atom stereocenters. The Labute approximate surface area is 160 Å². The van der Waals surface area contributed by atoms with Crippen LogP contribution in [0.25, 0.3) is 11.2 Å². The monoisotopic (exact) mass is 390 g/mol. The van der Waals surface area contributed by atoms with Crippen molar-refractivity contribution >= 4 is 40.3 Å². The second-order valence-corrected chi connectivity index (χ2v) is 7.21. The van der Waals surface area contributed by atoms with Crippen LogP contribution in [-0.4, -0.2) is 30.3 Å². The molecule has 26 heavy (non-hydrogen) atoms. The Morgan fingerprint density at radius 2 is 2.04 bits per heavy atom. The van der Waals surface area contributed by atoms with Crippen LogP contribution in [0.2, 0.25) is 5.28 Å². The lowest BCUT2D eigenvalue weighted by Gasteiger charge is -2.12. The van der Waals surface area contributed by atoms with Crippen LogP contribution in [0.15, 0.2) is 28.0 Å². The molecule has 0 bridgehead atoms. The quantitative estimate of drug-likeness (QED) is 0.510. The fourth-order valence-corrected chi connectivity index (χ4v) is 3.40. The zero-order chi connectivity index (χ0) is 18.7. The molecule has 0 aromatic carbocycles. The molecular weight excluding hydrogens is 372 g/mol. The first kappa shape index (κ1) is 18.6. The molecule has 0 fully saturated rings. The molecule has 0 aliphatic rings. The molecule has 136 valence electrons. The summed E-state index contributed by atoms with van der Waals surface area (Å²) in [6.07, 6.45) is 1.84. The van der Waals surface area contributed by atoms with Gasteiger partial charge >= 0.3 is 0 Å². The van der Waals surface area contributed by atoms with E-state index in [-0.39, 0.29) is 16.7 Å². The van der Waals surface area contributed by atoms with E-state index >= 15 is 0 Å². The first-order valence-corrected chi connectivity index (χ1v) is 9.66. The van der Waals surface area contributed by atoms with Gasteiger partial charge in [-0.05, 0) is 43.3 Å². The number of aromatic nitrogens is 5. The number of fused-ring (bicyclic) bond motifs is 1. The van der Waals surface area contributed by atoms with Crippen molar-refractivity contribution in [3.05, 3.63) is 45.4 Å². The van der Waals surface area contributed by atoms with Gasteiger partial charge in [-0.25, -0.2) is 9.97 Å². The van der Waals surface area contributed by atoms with Crippen LogP contribution >= 0.6 is 23.4 Å². The van der Waals surface area contributed by atoms with Crippen molar-refractivity contribution in [3.8, 4) is 0 Å². The third kappa shape index (κ3) is 3.81. The van der Waals surface area contributed by atoms with Gasteiger partial charge in [-0.1, -0.05) is 6.92 Å². The summed E-state index contributed by atoms with van der Waals surface area (Å²) in [7, 11) is 0. The van der Waals surface area contributed by atoms with Crippen LogP contribution in [0.1, 0.15) is 25.2 Å². The number of anilines is 1. The molecular formula is C17H19ClN6OS. The molecule has 1 N–H and O–H groups in total. The maximum atomic E-state index is 12.7. The van der Waals surface area contributed by atoms with E-state index in [4.69, 9.17) is 11.6 Å². The second-order valence-electron chi connectivity index (χ2n) is 5.53. The summed E-state index contributed by atoms with van der Waals surface area (Å²) in [6, 6.07) is 3.97. The highest BCUT2D eigenvalue weighted by atomic mass is 35.5. The molecule has 0 saturated heterocycles. The van der Waals surface area contributed by atoms with Crippen molar-refractivity contribution < 1.29 is 0 Å². The molecule has 9 heteroatoms. The Hall–Kier alpha value is -2.19. The zero-order valence-corrected chi connectivity index (χ0v) is 16.4. The summed E-state index contributed by atoms with van der Waals surface area (Å²) < 4.78 is 1.54. The first-order valence-electron chi connectivity index (χ1n) is 8.29. The molecule has 7 nitrogen and oxygen atoms in total. The predicted octanol–water partition coefficient (Wildman–Crippen LogP) is 3.29. The summed E-state index contributed by atoms with van der Waals surface area (Å²) in [5.74, 6) is 1.25. The average molecular weight is 391 g/mol. The van der Waals surface area contributed by atoms with Crippen LogP contribution in [-0.2, 0) is 13.1 Å². The lowest BCUT2D eigenvalue weighted by Crippen LogP contribution is -2.26. The van der Waals surface area contributed by atoms with Gasteiger partial charge in [0.15, 0.2) is 11.5 Å². The Morgan fingerprint density at radius 3 is 2.69 bits per heavy atom. The van der Waals surface area contributed by atoms with E-state index in [2.05, 4.69) is 32.2 Å². The van der Waals surface area contributed by atoms with Crippen molar-refractivity contribution in [1.29, 1.82) is 0 Å². The van der Waals surface area contributed by atoms with Crippen molar-refractivity contribution in [2.24, 2.45) is 0 Å². The number of thioether (sulfide) groups is 1. The average Bonchev–Trinajstić information content (AvgIpc) is 2.62. The van der Waals surface area contributed by atoms with E-state index in [9.17, 15) is 4.79 Å². The third-order valence-corrected chi connectivity index (χ3v) is 4.83. The highest BCUT2D eigenvalue weighted by Crippen LogP contribution is 2.17. The van der Waals surface area contributed by atoms with Gasteiger partial charge in [-0.15, -0.1) is 11.8 Å². The Kier molecular flexibility index (Phi) is 5.73. The third-order valence-electron chi connectivity index (χ3n) is 3.80. The fraction of sp³-hybridized carbons (Fsp3) is 0.353. The largest absolute Gasteiger partial charge is 0.360 e. The molecule has 0 atom stereocenters. The van der Waals surface area contributed by atoms with Gasteiger partial charge < -0.3 is 5.32 Å². The van der Waals surface area contributed by atoms with Gasteiger partial charge in [-0.2, -0.15) is 4.98 Å². The summed E-state index contributed by atoms with van der Waals surface area (Å²) in [5, 5.41) is 3.19. The topological polar surface area (TPSA) is 85.6 Å². The van der Waals surface area contributed by atoms with Crippen LogP contribution in [0.4, 0.5) is 5.82 Å². The van der Waals surface area contributed by atoms with Crippen molar-refractivity contribution in [2.75, 3.05) is 11.1 Å². The smallest absolute Gasteiger partial charge is 0.294 e. The second kappa shape index (κ2) is 8.01. The Morgan fingerprint density at radius 1 is 1.23 bits per heavy atom. The van der Waals surface area contributed by atoms with E-state index in [1.54, 1.807) is 23.3 Å². The molecule has 0 aliphatic heterocycles. The number of aryl methyl sites for hydroxylation is 2. The number of hydrogen-bond donors (Lipinski definition) is 1. The van der Waals surface area contributed by atoms with Gasteiger partial charge in [0, 0.05) is 17.6 Å². The SMILES string of the molecule is CCSc1ccc(CNc2nc3c(C)nc(Cl)nc3n(CC)c2=O)nc1. The lowest BCUT2D eigenvalue weighted by atomic mass is 10.3. The van der Waals surface area contributed by atoms with Crippen molar-refractivity contribution in [2.45, 2.75) is 38.8 Å². The van der Waals surface area contributed by atoms with E-state index < -0.39 is 0 Å². The number of hydrogen-bond acceptors (Lipinski definition) is 7. The highest BCUT2D eigenvalue weighted by molar-refractivity contribution is 7.99. The number of nitrogens with one attached hydrogen (secondary N) is 1. The maximum Gasteiger partial charge on any atom is 0.294 e. The number of pyridine rings is 1. The highest BCUT2D eigenvalue weighted by Gasteiger charge is 2.14. The lowest BCUT2D eigenvalue weighted by molar-refractivity contribution is 0.740. The Bertz CT molecular complexity index is 989. The molecule has 3 aromatic heterocycles. The molecule has 0 saturated carbocycles. The van der Waals surface area contributed by atoms with E-state index in [0.29, 0.717) is 29.9 Å². The normalized spacial score (nSPS) is 11.1. The van der Waals surface area contributed by atoms with Crippen LogP contribution < -0.4 is 10.9 Å². The number of rotatable bonds is 6. The number of halogens is 1. The Balaban J connectivity index is 1.92.